The second-order valence-corrected chi connectivity index (χ2v) is 8.06. The molecule has 4 aromatic carbocycles. The van der Waals surface area contributed by atoms with E-state index in [0.29, 0.717) is 22.6 Å². The molecule has 0 saturated heterocycles. The van der Waals surface area contributed by atoms with Crippen molar-refractivity contribution in [3.05, 3.63) is 120 Å². The summed E-state index contributed by atoms with van der Waals surface area (Å²) in [7, 11) is 0. The van der Waals surface area contributed by atoms with Crippen LogP contribution in [0.15, 0.2) is 109 Å². The van der Waals surface area contributed by atoms with Crippen molar-refractivity contribution in [3.63, 3.8) is 0 Å². The predicted octanol–water partition coefficient (Wildman–Crippen LogP) is 4.66. The number of benzene rings is 4. The fourth-order valence-electron chi connectivity index (χ4n) is 3.22. The maximum absolute atomic E-state index is 10.8. The van der Waals surface area contributed by atoms with Crippen molar-refractivity contribution in [3.8, 4) is 23.0 Å². The predicted molar refractivity (Wildman–Crippen MR) is 133 cm³/mol. The zero-order chi connectivity index (χ0) is 25.9. The SMILES string of the molecule is CC(C(=O)[O-])c1cccc(Oc2ccccc2)c1.CC(C(=O)[O-])c1cccc(Oc2ccccc2)c1. The van der Waals surface area contributed by atoms with Crippen LogP contribution in [0, 0.1) is 0 Å². The van der Waals surface area contributed by atoms with E-state index in [1.807, 2.05) is 60.7 Å². The van der Waals surface area contributed by atoms with Crippen LogP contribution in [0.2, 0.25) is 0 Å². The molecule has 0 radical (unpaired) electrons. The summed E-state index contributed by atoms with van der Waals surface area (Å²) in [5, 5.41) is 21.6. The lowest BCUT2D eigenvalue weighted by atomic mass is 10.0. The Hall–Kier alpha value is -4.58. The van der Waals surface area contributed by atoms with Crippen molar-refractivity contribution in [2.24, 2.45) is 0 Å². The number of ether oxygens (including phenoxy) is 2. The van der Waals surface area contributed by atoms with Crippen LogP contribution in [0.5, 0.6) is 23.0 Å². The largest absolute Gasteiger partial charge is 0.550 e. The third kappa shape index (κ3) is 7.74. The summed E-state index contributed by atoms with van der Waals surface area (Å²) in [6.07, 6.45) is 0. The first kappa shape index (κ1) is 26.0. The monoisotopic (exact) mass is 482 g/mol. The number of carbonyl (C=O) groups excluding carboxylic acids is 2. The number of para-hydroxylation sites is 2. The summed E-state index contributed by atoms with van der Waals surface area (Å²) in [6, 6.07) is 32.7. The van der Waals surface area contributed by atoms with Gasteiger partial charge in [0.1, 0.15) is 23.0 Å². The van der Waals surface area contributed by atoms with Gasteiger partial charge in [-0.15, -0.1) is 0 Å². The summed E-state index contributed by atoms with van der Waals surface area (Å²) < 4.78 is 11.3. The lowest BCUT2D eigenvalue weighted by Crippen LogP contribution is -2.27. The Balaban J connectivity index is 0.000000201. The van der Waals surface area contributed by atoms with Crippen LogP contribution in [0.4, 0.5) is 0 Å². The molecule has 184 valence electrons. The van der Waals surface area contributed by atoms with Crippen LogP contribution in [0.25, 0.3) is 0 Å². The molecule has 0 aromatic heterocycles. The van der Waals surface area contributed by atoms with Gasteiger partial charge in [0.15, 0.2) is 0 Å². The molecule has 0 fully saturated rings. The van der Waals surface area contributed by atoms with Crippen LogP contribution < -0.4 is 19.7 Å². The number of hydrogen-bond donors (Lipinski definition) is 0. The van der Waals surface area contributed by atoms with Gasteiger partial charge >= 0.3 is 0 Å². The first-order chi connectivity index (χ1) is 17.3. The molecule has 4 rings (SSSR count). The molecular formula is C30H26O6-2. The molecule has 0 bridgehead atoms. The van der Waals surface area contributed by atoms with E-state index in [0.717, 1.165) is 11.5 Å². The number of rotatable bonds is 8. The van der Waals surface area contributed by atoms with E-state index in [4.69, 9.17) is 9.47 Å². The van der Waals surface area contributed by atoms with Gasteiger partial charge < -0.3 is 29.3 Å². The second-order valence-electron chi connectivity index (χ2n) is 8.06. The average molecular weight is 483 g/mol. The number of carboxylic acid groups (broad SMARTS) is 2. The highest BCUT2D eigenvalue weighted by Gasteiger charge is 2.08. The van der Waals surface area contributed by atoms with Gasteiger partial charge in [-0.05, 0) is 59.7 Å². The van der Waals surface area contributed by atoms with E-state index in [2.05, 4.69) is 0 Å². The molecule has 0 aliphatic heterocycles. The Labute approximate surface area is 210 Å². The smallest absolute Gasteiger partial charge is 0.127 e. The van der Waals surface area contributed by atoms with E-state index in [-0.39, 0.29) is 0 Å². The minimum atomic E-state index is -1.09. The van der Waals surface area contributed by atoms with Gasteiger partial charge in [0, 0.05) is 23.8 Å². The second kappa shape index (κ2) is 12.8. The number of hydrogen-bond acceptors (Lipinski definition) is 6. The van der Waals surface area contributed by atoms with Gasteiger partial charge in [-0.3, -0.25) is 0 Å². The highest BCUT2D eigenvalue weighted by molar-refractivity contribution is 5.74. The molecule has 2 unspecified atom stereocenters. The lowest BCUT2D eigenvalue weighted by molar-refractivity contribution is -0.308. The van der Waals surface area contributed by atoms with E-state index in [1.165, 1.54) is 0 Å². The van der Waals surface area contributed by atoms with Crippen molar-refractivity contribution in [2.45, 2.75) is 25.7 Å². The van der Waals surface area contributed by atoms with Gasteiger partial charge in [0.05, 0.1) is 0 Å². The molecule has 6 nitrogen and oxygen atoms in total. The van der Waals surface area contributed by atoms with Crippen LogP contribution in [0.3, 0.4) is 0 Å². The minimum Gasteiger partial charge on any atom is -0.550 e. The minimum absolute atomic E-state index is 0.617. The van der Waals surface area contributed by atoms with Crippen molar-refractivity contribution < 1.29 is 29.3 Å². The summed E-state index contributed by atoms with van der Waals surface area (Å²) in [5.41, 5.74) is 1.34. The molecule has 4 aromatic rings. The summed E-state index contributed by atoms with van der Waals surface area (Å²) in [4.78, 5) is 21.6. The van der Waals surface area contributed by atoms with Crippen LogP contribution in [-0.4, -0.2) is 11.9 Å². The molecule has 0 amide bonds. The summed E-state index contributed by atoms with van der Waals surface area (Å²) in [5.74, 6) is -0.808. The number of aliphatic carboxylic acids is 2. The highest BCUT2D eigenvalue weighted by Crippen LogP contribution is 2.26. The molecule has 0 N–H and O–H groups in total. The first-order valence-electron chi connectivity index (χ1n) is 11.4. The van der Waals surface area contributed by atoms with Gasteiger partial charge in [-0.25, -0.2) is 0 Å². The number of carboxylic acids is 2. The van der Waals surface area contributed by atoms with E-state index in [1.54, 1.807) is 62.4 Å². The van der Waals surface area contributed by atoms with Crippen LogP contribution >= 0.6 is 0 Å². The normalized spacial score (nSPS) is 11.8. The third-order valence-electron chi connectivity index (χ3n) is 5.38. The summed E-state index contributed by atoms with van der Waals surface area (Å²) in [6.45, 7) is 3.19. The molecule has 0 aliphatic rings. The van der Waals surface area contributed by atoms with Crippen LogP contribution in [-0.2, 0) is 9.59 Å². The maximum Gasteiger partial charge on any atom is 0.127 e. The molecule has 0 aliphatic carbocycles. The van der Waals surface area contributed by atoms with Gasteiger partial charge in [-0.1, -0.05) is 74.5 Å². The summed E-state index contributed by atoms with van der Waals surface area (Å²) >= 11 is 0. The Morgan fingerprint density at radius 3 is 1.19 bits per heavy atom. The van der Waals surface area contributed by atoms with Gasteiger partial charge in [-0.2, -0.15) is 0 Å². The fourth-order valence-corrected chi connectivity index (χ4v) is 3.22. The van der Waals surface area contributed by atoms with Crippen molar-refractivity contribution >= 4 is 11.9 Å². The zero-order valence-corrected chi connectivity index (χ0v) is 20.0. The quantitative estimate of drug-likeness (QED) is 0.362. The highest BCUT2D eigenvalue weighted by atomic mass is 16.5. The topological polar surface area (TPSA) is 98.7 Å². The van der Waals surface area contributed by atoms with E-state index >= 15 is 0 Å². The zero-order valence-electron chi connectivity index (χ0n) is 20.0. The third-order valence-corrected chi connectivity index (χ3v) is 5.38. The molecule has 0 spiro atoms. The van der Waals surface area contributed by atoms with Crippen LogP contribution in [0.1, 0.15) is 36.8 Å². The Morgan fingerprint density at radius 1 is 0.528 bits per heavy atom. The van der Waals surface area contributed by atoms with Gasteiger partial charge in [0.2, 0.25) is 0 Å². The lowest BCUT2D eigenvalue weighted by Gasteiger charge is -2.14. The molecule has 0 saturated carbocycles. The maximum atomic E-state index is 10.8. The molecule has 6 heteroatoms. The van der Waals surface area contributed by atoms with Gasteiger partial charge in [0.25, 0.3) is 0 Å². The van der Waals surface area contributed by atoms with Crippen molar-refractivity contribution in [1.82, 2.24) is 0 Å². The first-order valence-corrected chi connectivity index (χ1v) is 11.4. The Kier molecular flexibility index (Phi) is 9.23. The molecule has 36 heavy (non-hydrogen) atoms. The molecule has 0 heterocycles. The standard InChI is InChI=1S/2C15H14O3/c2*1-11(15(16)17)12-6-5-9-14(10-12)18-13-7-3-2-4-8-13/h2*2-11H,1H3,(H,16,17)/p-2. The fraction of sp³-hybridized carbons (Fsp3) is 0.133. The van der Waals surface area contributed by atoms with Crippen molar-refractivity contribution in [2.75, 3.05) is 0 Å². The van der Waals surface area contributed by atoms with Crippen molar-refractivity contribution in [1.29, 1.82) is 0 Å². The number of carbonyl (C=O) groups is 2. The molecule has 2 atom stereocenters. The Bertz CT molecular complexity index is 1170. The average Bonchev–Trinajstić information content (AvgIpc) is 2.89. The Morgan fingerprint density at radius 2 is 0.861 bits per heavy atom. The molecular weight excluding hydrogens is 456 g/mol. The van der Waals surface area contributed by atoms with E-state index < -0.39 is 23.8 Å². The van der Waals surface area contributed by atoms with E-state index in [9.17, 15) is 19.8 Å².